The van der Waals surface area contributed by atoms with Crippen molar-refractivity contribution in [2.24, 2.45) is 0 Å². The molecule has 21 heavy (non-hydrogen) atoms. The van der Waals surface area contributed by atoms with E-state index in [1.54, 1.807) is 0 Å². The Morgan fingerprint density at radius 2 is 2.00 bits per heavy atom. The molecule has 0 aliphatic rings. The van der Waals surface area contributed by atoms with Crippen molar-refractivity contribution in [1.29, 1.82) is 0 Å². The Kier molecular flexibility index (Phi) is 4.68. The molecule has 1 atom stereocenters. The average Bonchev–Trinajstić information content (AvgIpc) is 2.97. The number of rotatable bonds is 6. The van der Waals surface area contributed by atoms with E-state index in [1.807, 2.05) is 30.3 Å². The number of H-pyrrole nitrogens is 1. The summed E-state index contributed by atoms with van der Waals surface area (Å²) in [5.74, 6) is -1.68. The molecule has 110 valence electrons. The number of nitrogens with zero attached hydrogens (tertiary/aromatic N) is 1. The van der Waals surface area contributed by atoms with Gasteiger partial charge in [0.1, 0.15) is 0 Å². The first-order valence-electron chi connectivity index (χ1n) is 6.37. The van der Waals surface area contributed by atoms with Crippen molar-refractivity contribution in [2.45, 2.75) is 12.5 Å². The van der Waals surface area contributed by atoms with E-state index in [1.165, 1.54) is 6.20 Å². The Bertz CT molecular complexity index is 624. The topological polar surface area (TPSA) is 115 Å². The summed E-state index contributed by atoms with van der Waals surface area (Å²) in [6, 6.07) is 9.26. The summed E-state index contributed by atoms with van der Waals surface area (Å²) >= 11 is 0. The van der Waals surface area contributed by atoms with Crippen molar-refractivity contribution < 1.29 is 19.8 Å². The van der Waals surface area contributed by atoms with Gasteiger partial charge in [0.2, 0.25) is 0 Å². The van der Waals surface area contributed by atoms with E-state index in [-0.39, 0.29) is 18.9 Å². The molecule has 0 bridgehead atoms. The molecular formula is C14H15N3O4. The molecule has 4 N–H and O–H groups in total. The molecule has 0 saturated carbocycles. The number of hydrogen-bond acceptors (Lipinski definition) is 4. The summed E-state index contributed by atoms with van der Waals surface area (Å²) in [6.07, 6.45) is -0.131. The number of aliphatic hydroxyl groups is 1. The molecule has 1 aromatic carbocycles. The lowest BCUT2D eigenvalue weighted by Gasteiger charge is -2.07. The van der Waals surface area contributed by atoms with Crippen LogP contribution >= 0.6 is 0 Å². The van der Waals surface area contributed by atoms with Crippen LogP contribution in [0.25, 0.3) is 11.3 Å². The number of aromatic nitrogens is 2. The largest absolute Gasteiger partial charge is 0.479 e. The van der Waals surface area contributed by atoms with Crippen LogP contribution in [0.3, 0.4) is 0 Å². The number of amides is 1. The van der Waals surface area contributed by atoms with E-state index in [9.17, 15) is 9.59 Å². The van der Waals surface area contributed by atoms with Crippen molar-refractivity contribution in [2.75, 3.05) is 6.54 Å². The smallest absolute Gasteiger partial charge is 0.332 e. The average molecular weight is 289 g/mol. The molecule has 0 fully saturated rings. The Labute approximate surface area is 120 Å². The lowest BCUT2D eigenvalue weighted by molar-refractivity contribution is -0.146. The first-order valence-corrected chi connectivity index (χ1v) is 6.37. The molecule has 0 aliphatic heterocycles. The van der Waals surface area contributed by atoms with Gasteiger partial charge in [0.25, 0.3) is 5.91 Å². The number of carboxylic acids is 1. The lowest BCUT2D eigenvalue weighted by atomic mass is 10.1. The second-order valence-corrected chi connectivity index (χ2v) is 4.42. The number of carbonyl (C=O) groups excluding carboxylic acids is 1. The van der Waals surface area contributed by atoms with E-state index in [2.05, 4.69) is 15.5 Å². The van der Waals surface area contributed by atoms with Crippen LogP contribution in [0.5, 0.6) is 0 Å². The maximum absolute atomic E-state index is 12.1. The maximum Gasteiger partial charge on any atom is 0.332 e. The highest BCUT2D eigenvalue weighted by Gasteiger charge is 2.16. The predicted octanol–water partition coefficient (Wildman–Crippen LogP) is 0.642. The summed E-state index contributed by atoms with van der Waals surface area (Å²) < 4.78 is 0. The minimum atomic E-state index is -1.48. The van der Waals surface area contributed by atoms with E-state index >= 15 is 0 Å². The Morgan fingerprint density at radius 1 is 1.29 bits per heavy atom. The third kappa shape index (κ3) is 3.67. The minimum absolute atomic E-state index is 0.0560. The highest BCUT2D eigenvalue weighted by atomic mass is 16.4. The number of carboxylic acid groups (broad SMARTS) is 1. The molecular weight excluding hydrogens is 274 g/mol. The van der Waals surface area contributed by atoms with Gasteiger partial charge in [0, 0.05) is 18.5 Å². The highest BCUT2D eigenvalue weighted by molar-refractivity contribution is 5.99. The van der Waals surface area contributed by atoms with Crippen molar-refractivity contribution in [3.8, 4) is 11.3 Å². The van der Waals surface area contributed by atoms with E-state index in [4.69, 9.17) is 10.2 Å². The van der Waals surface area contributed by atoms with Gasteiger partial charge in [-0.3, -0.25) is 9.89 Å². The fraction of sp³-hybridized carbons (Fsp3) is 0.214. The van der Waals surface area contributed by atoms with Crippen LogP contribution in [0, 0.1) is 0 Å². The number of aliphatic carboxylic acids is 1. The first-order chi connectivity index (χ1) is 10.1. The zero-order valence-corrected chi connectivity index (χ0v) is 11.1. The third-order valence-corrected chi connectivity index (χ3v) is 2.93. The number of nitrogens with one attached hydrogen (secondary N) is 2. The highest BCUT2D eigenvalue weighted by Crippen LogP contribution is 2.20. The van der Waals surface area contributed by atoms with Crippen LogP contribution in [0.15, 0.2) is 36.5 Å². The standard InChI is InChI=1S/C14H15N3O4/c18-11(14(20)21)6-7-15-13(19)10-8-16-17-12(10)9-4-2-1-3-5-9/h1-5,8,11,18H,6-7H2,(H,15,19)(H,16,17)(H,20,21). The molecule has 1 aromatic heterocycles. The molecule has 1 amide bonds. The normalized spacial score (nSPS) is 11.9. The zero-order chi connectivity index (χ0) is 15.2. The van der Waals surface area contributed by atoms with E-state index < -0.39 is 12.1 Å². The summed E-state index contributed by atoms with van der Waals surface area (Å²) in [4.78, 5) is 22.5. The van der Waals surface area contributed by atoms with E-state index in [0.29, 0.717) is 11.3 Å². The van der Waals surface area contributed by atoms with E-state index in [0.717, 1.165) is 5.56 Å². The van der Waals surface area contributed by atoms with Crippen molar-refractivity contribution in [3.05, 3.63) is 42.1 Å². The van der Waals surface area contributed by atoms with Crippen LogP contribution in [0.4, 0.5) is 0 Å². The number of carbonyl (C=O) groups is 2. The minimum Gasteiger partial charge on any atom is -0.479 e. The quantitative estimate of drug-likeness (QED) is 0.623. The Balaban J connectivity index is 2.01. The number of aromatic amines is 1. The number of hydrogen-bond donors (Lipinski definition) is 4. The van der Waals surface area contributed by atoms with Gasteiger partial charge in [-0.1, -0.05) is 30.3 Å². The second kappa shape index (κ2) is 6.67. The summed E-state index contributed by atoms with van der Waals surface area (Å²) in [5.41, 5.74) is 1.78. The predicted molar refractivity (Wildman–Crippen MR) is 74.6 cm³/mol. The molecule has 0 radical (unpaired) electrons. The summed E-state index contributed by atoms with van der Waals surface area (Å²) in [7, 11) is 0. The number of benzene rings is 1. The van der Waals surface area contributed by atoms with Gasteiger partial charge in [0.15, 0.2) is 6.10 Å². The van der Waals surface area contributed by atoms with Crippen molar-refractivity contribution in [1.82, 2.24) is 15.5 Å². The molecule has 7 nitrogen and oxygen atoms in total. The molecule has 7 heteroatoms. The van der Waals surface area contributed by atoms with Crippen LogP contribution in [0.1, 0.15) is 16.8 Å². The summed E-state index contributed by atoms with van der Waals surface area (Å²) in [5, 5.41) is 26.9. The van der Waals surface area contributed by atoms with Crippen LogP contribution in [-0.2, 0) is 4.79 Å². The molecule has 0 spiro atoms. The molecule has 2 rings (SSSR count). The fourth-order valence-corrected chi connectivity index (χ4v) is 1.82. The molecule has 1 unspecified atom stereocenters. The van der Waals surface area contributed by atoms with Crippen molar-refractivity contribution >= 4 is 11.9 Å². The lowest BCUT2D eigenvalue weighted by Crippen LogP contribution is -2.30. The molecule has 0 aliphatic carbocycles. The maximum atomic E-state index is 12.1. The Hall–Kier alpha value is -2.67. The van der Waals surface area contributed by atoms with Gasteiger partial charge in [-0.05, 0) is 0 Å². The SMILES string of the molecule is O=C(NCCC(O)C(=O)O)c1cn[nH]c1-c1ccccc1. The van der Waals surface area contributed by atoms with Gasteiger partial charge in [0.05, 0.1) is 17.5 Å². The molecule has 2 aromatic rings. The Morgan fingerprint density at radius 3 is 2.67 bits per heavy atom. The number of aliphatic hydroxyl groups excluding tert-OH is 1. The van der Waals surface area contributed by atoms with Gasteiger partial charge in [-0.15, -0.1) is 0 Å². The third-order valence-electron chi connectivity index (χ3n) is 2.93. The van der Waals surface area contributed by atoms with Gasteiger partial charge >= 0.3 is 5.97 Å². The fourth-order valence-electron chi connectivity index (χ4n) is 1.82. The van der Waals surface area contributed by atoms with Gasteiger partial charge < -0.3 is 15.5 Å². The van der Waals surface area contributed by atoms with Crippen LogP contribution < -0.4 is 5.32 Å². The summed E-state index contributed by atoms with van der Waals surface area (Å²) in [6.45, 7) is 0.0612. The second-order valence-electron chi connectivity index (χ2n) is 4.42. The van der Waals surface area contributed by atoms with Crippen LogP contribution in [-0.4, -0.2) is 44.9 Å². The molecule has 0 saturated heterocycles. The monoisotopic (exact) mass is 289 g/mol. The van der Waals surface area contributed by atoms with Crippen LogP contribution in [0.2, 0.25) is 0 Å². The van der Waals surface area contributed by atoms with Gasteiger partial charge in [-0.2, -0.15) is 5.10 Å². The van der Waals surface area contributed by atoms with Crippen molar-refractivity contribution in [3.63, 3.8) is 0 Å². The zero-order valence-electron chi connectivity index (χ0n) is 11.1. The first kappa shape index (κ1) is 14.7. The molecule has 1 heterocycles. The van der Waals surface area contributed by atoms with Gasteiger partial charge in [-0.25, -0.2) is 4.79 Å².